The van der Waals surface area contributed by atoms with Gasteiger partial charge in [0.1, 0.15) is 5.75 Å². The monoisotopic (exact) mass is 484 g/mol. The van der Waals surface area contributed by atoms with Crippen LogP contribution in [0.15, 0.2) is 52.4 Å². The lowest BCUT2D eigenvalue weighted by atomic mass is 10.2. The van der Waals surface area contributed by atoms with Crippen molar-refractivity contribution in [1.82, 2.24) is 9.55 Å². The van der Waals surface area contributed by atoms with Gasteiger partial charge in [0.2, 0.25) is 5.91 Å². The number of carbonyl (C=O) groups is 1. The first-order valence-corrected chi connectivity index (χ1v) is 12.0. The zero-order chi connectivity index (χ0) is 24.0. The Morgan fingerprint density at radius 3 is 2.64 bits per heavy atom. The van der Waals surface area contributed by atoms with E-state index in [0.717, 1.165) is 0 Å². The minimum absolute atomic E-state index is 0.0594. The zero-order valence-electron chi connectivity index (χ0n) is 18.7. The van der Waals surface area contributed by atoms with Crippen molar-refractivity contribution in [2.75, 3.05) is 23.8 Å². The van der Waals surface area contributed by atoms with Crippen LogP contribution in [-0.4, -0.2) is 34.4 Å². The number of nitrogens with zero attached hydrogens (tertiary/aromatic N) is 4. The van der Waals surface area contributed by atoms with Crippen LogP contribution in [0.5, 0.6) is 5.75 Å². The fraction of sp³-hybridized carbons (Fsp3) is 0.333. The molecule has 0 radical (unpaired) electrons. The number of benzene rings is 2. The molecule has 0 aliphatic carbocycles. The highest BCUT2D eigenvalue weighted by Gasteiger charge is 2.20. The Balaban J connectivity index is 1.88. The summed E-state index contributed by atoms with van der Waals surface area (Å²) in [6, 6.07) is 14.1. The summed E-state index contributed by atoms with van der Waals surface area (Å²) in [4.78, 5) is 32.4. The molecule has 0 fully saturated rings. The summed E-state index contributed by atoms with van der Waals surface area (Å²) in [5.74, 6) is 0.586. The molecule has 9 heteroatoms. The van der Waals surface area contributed by atoms with Gasteiger partial charge in [0.15, 0.2) is 5.16 Å². The number of carbonyl (C=O) groups excluding carboxylic acids is 1. The van der Waals surface area contributed by atoms with Crippen molar-refractivity contribution in [3.8, 4) is 11.8 Å². The van der Waals surface area contributed by atoms with Crippen LogP contribution in [0.4, 0.5) is 5.69 Å². The van der Waals surface area contributed by atoms with E-state index in [9.17, 15) is 9.59 Å². The number of halogens is 1. The molecule has 2 aromatic carbocycles. The molecule has 1 heterocycles. The smallest absolute Gasteiger partial charge is 0.262 e. The number of rotatable bonds is 9. The van der Waals surface area contributed by atoms with E-state index in [1.807, 2.05) is 20.8 Å². The number of aromatic nitrogens is 2. The third-order valence-corrected chi connectivity index (χ3v) is 6.05. The van der Waals surface area contributed by atoms with Gasteiger partial charge in [0, 0.05) is 23.3 Å². The largest absolute Gasteiger partial charge is 0.494 e. The Morgan fingerprint density at radius 1 is 1.27 bits per heavy atom. The van der Waals surface area contributed by atoms with Crippen molar-refractivity contribution in [3.05, 3.63) is 57.8 Å². The predicted octanol–water partition coefficient (Wildman–Crippen LogP) is 5.07. The van der Waals surface area contributed by atoms with E-state index >= 15 is 0 Å². The van der Waals surface area contributed by atoms with Crippen molar-refractivity contribution >= 4 is 45.9 Å². The van der Waals surface area contributed by atoms with E-state index in [-0.39, 0.29) is 36.2 Å². The molecule has 0 bridgehead atoms. The average Bonchev–Trinajstić information content (AvgIpc) is 2.78. The molecule has 1 amide bonds. The van der Waals surface area contributed by atoms with Gasteiger partial charge in [-0.05, 0) is 63.2 Å². The standard InChI is InChI=1S/C24H25ClN4O3S/c1-4-32-19-9-7-18(8-10-19)28(13-5-12-26)22(30)15-33-24-27-21-14-17(25)6-11-20(21)23(31)29(24)16(2)3/h6-11,14,16H,4-5,13,15H2,1-3H3. The summed E-state index contributed by atoms with van der Waals surface area (Å²) < 4.78 is 7.06. The van der Waals surface area contributed by atoms with Gasteiger partial charge in [0.25, 0.3) is 5.56 Å². The van der Waals surface area contributed by atoms with E-state index in [4.69, 9.17) is 21.6 Å². The van der Waals surface area contributed by atoms with E-state index in [1.54, 1.807) is 51.9 Å². The van der Waals surface area contributed by atoms with Gasteiger partial charge < -0.3 is 9.64 Å². The van der Waals surface area contributed by atoms with Crippen LogP contribution < -0.4 is 15.2 Å². The molecule has 0 spiro atoms. The molecule has 0 saturated heterocycles. The van der Waals surface area contributed by atoms with Crippen molar-refractivity contribution in [1.29, 1.82) is 5.26 Å². The minimum atomic E-state index is -0.185. The molecule has 0 aliphatic rings. The third-order valence-electron chi connectivity index (χ3n) is 4.88. The molecule has 3 aromatic rings. The van der Waals surface area contributed by atoms with Crippen molar-refractivity contribution < 1.29 is 9.53 Å². The van der Waals surface area contributed by atoms with Crippen LogP contribution in [0.25, 0.3) is 10.9 Å². The van der Waals surface area contributed by atoms with Crippen LogP contribution >= 0.6 is 23.4 Å². The van der Waals surface area contributed by atoms with Crippen LogP contribution in [0.3, 0.4) is 0 Å². The van der Waals surface area contributed by atoms with E-state index in [0.29, 0.717) is 39.1 Å². The lowest BCUT2D eigenvalue weighted by Crippen LogP contribution is -2.33. The van der Waals surface area contributed by atoms with Crippen LogP contribution in [0.1, 0.15) is 33.2 Å². The summed E-state index contributed by atoms with van der Waals surface area (Å²) in [7, 11) is 0. The Morgan fingerprint density at radius 2 is 2.00 bits per heavy atom. The minimum Gasteiger partial charge on any atom is -0.494 e. The van der Waals surface area contributed by atoms with E-state index in [2.05, 4.69) is 11.1 Å². The highest BCUT2D eigenvalue weighted by atomic mass is 35.5. The summed E-state index contributed by atoms with van der Waals surface area (Å²) in [5.41, 5.74) is 1.00. The maximum Gasteiger partial charge on any atom is 0.262 e. The second-order valence-corrected chi connectivity index (χ2v) is 8.87. The predicted molar refractivity (Wildman–Crippen MR) is 132 cm³/mol. The Kier molecular flexibility index (Phi) is 8.37. The summed E-state index contributed by atoms with van der Waals surface area (Å²) in [5, 5.41) is 10.5. The molecule has 0 aliphatic heterocycles. The van der Waals surface area contributed by atoms with Gasteiger partial charge in [-0.1, -0.05) is 23.4 Å². The number of hydrogen-bond acceptors (Lipinski definition) is 6. The quantitative estimate of drug-likeness (QED) is 0.311. The summed E-state index contributed by atoms with van der Waals surface area (Å²) in [6.07, 6.45) is 0.201. The number of anilines is 1. The molecule has 0 N–H and O–H groups in total. The topological polar surface area (TPSA) is 88.2 Å². The van der Waals surface area contributed by atoms with Crippen LogP contribution in [0.2, 0.25) is 5.02 Å². The molecule has 7 nitrogen and oxygen atoms in total. The maximum atomic E-state index is 13.1. The molecule has 0 unspecified atom stereocenters. The third kappa shape index (κ3) is 5.86. The lowest BCUT2D eigenvalue weighted by Gasteiger charge is -2.22. The second-order valence-electron chi connectivity index (χ2n) is 7.49. The fourth-order valence-corrected chi connectivity index (χ4v) is 4.53. The van der Waals surface area contributed by atoms with Gasteiger partial charge in [-0.15, -0.1) is 0 Å². The first-order valence-electron chi connectivity index (χ1n) is 10.6. The first-order chi connectivity index (χ1) is 15.8. The second kappa shape index (κ2) is 11.2. The Bertz CT molecular complexity index is 1240. The molecule has 0 saturated carbocycles. The Hall–Kier alpha value is -3.02. The molecule has 33 heavy (non-hydrogen) atoms. The molecule has 0 atom stereocenters. The number of ether oxygens (including phenoxy) is 1. The lowest BCUT2D eigenvalue weighted by molar-refractivity contribution is -0.116. The highest BCUT2D eigenvalue weighted by molar-refractivity contribution is 7.99. The number of nitriles is 1. The number of hydrogen-bond donors (Lipinski definition) is 0. The molecule has 3 rings (SSSR count). The van der Waals surface area contributed by atoms with E-state index < -0.39 is 0 Å². The summed E-state index contributed by atoms with van der Waals surface area (Å²) >= 11 is 7.29. The van der Waals surface area contributed by atoms with Crippen molar-refractivity contribution in [2.45, 2.75) is 38.4 Å². The average molecular weight is 485 g/mol. The maximum absolute atomic E-state index is 13.1. The molecular weight excluding hydrogens is 460 g/mol. The summed E-state index contributed by atoms with van der Waals surface area (Å²) in [6.45, 7) is 6.52. The highest BCUT2D eigenvalue weighted by Crippen LogP contribution is 2.25. The van der Waals surface area contributed by atoms with Gasteiger partial charge in [-0.3, -0.25) is 14.2 Å². The van der Waals surface area contributed by atoms with Crippen LogP contribution in [-0.2, 0) is 4.79 Å². The van der Waals surface area contributed by atoms with E-state index in [1.165, 1.54) is 11.8 Å². The molecule has 1 aromatic heterocycles. The van der Waals surface area contributed by atoms with Gasteiger partial charge in [-0.25, -0.2) is 4.98 Å². The van der Waals surface area contributed by atoms with Gasteiger partial charge in [-0.2, -0.15) is 5.26 Å². The molecule has 172 valence electrons. The van der Waals surface area contributed by atoms with Crippen molar-refractivity contribution in [3.63, 3.8) is 0 Å². The first kappa shape index (κ1) is 24.6. The number of amides is 1. The normalized spacial score (nSPS) is 10.9. The number of thioether (sulfide) groups is 1. The van der Waals surface area contributed by atoms with Gasteiger partial charge in [0.05, 0.1) is 35.8 Å². The Labute approximate surface area is 201 Å². The van der Waals surface area contributed by atoms with Crippen molar-refractivity contribution in [2.24, 2.45) is 0 Å². The van der Waals surface area contributed by atoms with Gasteiger partial charge >= 0.3 is 0 Å². The SMILES string of the molecule is CCOc1ccc(N(CCC#N)C(=O)CSc2nc3cc(Cl)ccc3c(=O)n2C(C)C)cc1. The zero-order valence-corrected chi connectivity index (χ0v) is 20.3. The fourth-order valence-electron chi connectivity index (χ4n) is 3.36. The van der Waals surface area contributed by atoms with Crippen LogP contribution in [0, 0.1) is 11.3 Å². The molecular formula is C24H25ClN4O3S. The number of fused-ring (bicyclic) bond motifs is 1.